The molecule has 0 fully saturated rings. The van der Waals surface area contributed by atoms with Crippen molar-refractivity contribution < 1.29 is 9.34 Å². The first kappa shape index (κ1) is 16.8. The van der Waals surface area contributed by atoms with Gasteiger partial charge in [-0.25, -0.2) is 0 Å². The number of benzene rings is 1. The van der Waals surface area contributed by atoms with Crippen LogP contribution in [0.5, 0.6) is 0 Å². The molecule has 27 heavy (non-hydrogen) atoms. The van der Waals surface area contributed by atoms with E-state index in [1.807, 2.05) is 12.1 Å². The molecule has 0 N–H and O–H groups in total. The summed E-state index contributed by atoms with van der Waals surface area (Å²) in [5.41, 5.74) is 2.84. The van der Waals surface area contributed by atoms with E-state index in [2.05, 4.69) is 9.98 Å². The third-order valence-electron chi connectivity index (χ3n) is 4.44. The fourth-order valence-corrected chi connectivity index (χ4v) is 3.14. The van der Waals surface area contributed by atoms with Crippen LogP contribution in [0.15, 0.2) is 68.8 Å². The Balaban J connectivity index is 1.83. The Bertz CT molecular complexity index is 1150. The van der Waals surface area contributed by atoms with Gasteiger partial charge in [0.2, 0.25) is 0 Å². The molecule has 0 spiro atoms. The first-order valence-corrected chi connectivity index (χ1v) is 8.49. The zero-order valence-electron chi connectivity index (χ0n) is 14.3. The van der Waals surface area contributed by atoms with Gasteiger partial charge in [0.05, 0.1) is 21.6 Å². The monoisotopic (exact) mass is 361 g/mol. The molecule has 7 nitrogen and oxygen atoms in total. The first-order valence-electron chi connectivity index (χ1n) is 8.49. The molecular weight excluding hydrogens is 346 g/mol. The van der Waals surface area contributed by atoms with Crippen molar-refractivity contribution in [2.45, 2.75) is 12.8 Å². The number of pyridine rings is 1. The minimum atomic E-state index is -0.529. The highest BCUT2D eigenvalue weighted by Gasteiger charge is 2.16. The highest BCUT2D eigenvalue weighted by Crippen LogP contribution is 2.23. The lowest BCUT2D eigenvalue weighted by atomic mass is 9.95. The molecule has 3 aromatic rings. The van der Waals surface area contributed by atoms with Crippen molar-refractivity contribution in [2.24, 2.45) is 4.99 Å². The maximum atomic E-state index is 12.8. The van der Waals surface area contributed by atoms with Crippen LogP contribution < -0.4 is 5.43 Å². The molecule has 7 heteroatoms. The van der Waals surface area contributed by atoms with Crippen molar-refractivity contribution in [3.8, 4) is 0 Å². The molecule has 4 rings (SSSR count). The molecule has 3 heterocycles. The summed E-state index contributed by atoms with van der Waals surface area (Å²) in [6.45, 7) is 0.722. The van der Waals surface area contributed by atoms with Gasteiger partial charge in [0.1, 0.15) is 11.8 Å². The Kier molecular flexibility index (Phi) is 4.33. The molecule has 1 aliphatic rings. The molecule has 134 valence electrons. The van der Waals surface area contributed by atoms with Crippen LogP contribution in [0.1, 0.15) is 24.0 Å². The maximum Gasteiger partial charge on any atom is 0.270 e. The van der Waals surface area contributed by atoms with E-state index in [4.69, 9.17) is 4.42 Å². The smallest absolute Gasteiger partial charge is 0.270 e. The predicted octanol–water partition coefficient (Wildman–Crippen LogP) is 3.76. The highest BCUT2D eigenvalue weighted by atomic mass is 16.6. The summed E-state index contributed by atoms with van der Waals surface area (Å²) in [4.78, 5) is 32.0. The van der Waals surface area contributed by atoms with E-state index in [0.29, 0.717) is 11.1 Å². The van der Waals surface area contributed by atoms with Gasteiger partial charge >= 0.3 is 0 Å². The van der Waals surface area contributed by atoms with E-state index < -0.39 is 4.92 Å². The van der Waals surface area contributed by atoms with Crippen molar-refractivity contribution in [3.63, 3.8) is 0 Å². The van der Waals surface area contributed by atoms with E-state index in [1.165, 1.54) is 24.5 Å². The fraction of sp³-hybridized carbons (Fsp3) is 0.150. The maximum absolute atomic E-state index is 12.8. The number of allylic oxidation sites excluding steroid dienone is 1. The lowest BCUT2D eigenvalue weighted by Crippen LogP contribution is -2.13. The van der Waals surface area contributed by atoms with Crippen LogP contribution in [0.3, 0.4) is 0 Å². The first-order chi connectivity index (χ1) is 13.1. The van der Waals surface area contributed by atoms with Gasteiger partial charge in [-0.2, -0.15) is 0 Å². The summed E-state index contributed by atoms with van der Waals surface area (Å²) in [6.07, 6.45) is 8.25. The average Bonchev–Trinajstić information content (AvgIpc) is 2.71. The zero-order valence-corrected chi connectivity index (χ0v) is 14.3. The second-order valence-corrected chi connectivity index (χ2v) is 6.20. The average molecular weight is 361 g/mol. The van der Waals surface area contributed by atoms with Gasteiger partial charge in [-0.3, -0.25) is 24.9 Å². The van der Waals surface area contributed by atoms with Gasteiger partial charge in [0.25, 0.3) is 5.69 Å². The molecule has 0 bridgehead atoms. The number of rotatable bonds is 3. The molecule has 0 aliphatic carbocycles. The molecule has 0 amide bonds. The van der Waals surface area contributed by atoms with Crippen LogP contribution in [-0.4, -0.2) is 22.2 Å². The quantitative estimate of drug-likeness (QED) is 0.522. The lowest BCUT2D eigenvalue weighted by molar-refractivity contribution is -0.384. The minimum absolute atomic E-state index is 0.144. The van der Waals surface area contributed by atoms with Gasteiger partial charge in [-0.1, -0.05) is 0 Å². The molecular formula is C20H15N3O4. The Morgan fingerprint density at radius 3 is 2.93 bits per heavy atom. The minimum Gasteiger partial charge on any atom is -0.463 e. The molecule has 0 atom stereocenters. The summed E-state index contributed by atoms with van der Waals surface area (Å²) in [7, 11) is 0. The second kappa shape index (κ2) is 6.95. The molecule has 0 radical (unpaired) electrons. The second-order valence-electron chi connectivity index (χ2n) is 6.20. The van der Waals surface area contributed by atoms with Gasteiger partial charge in [0, 0.05) is 36.6 Å². The molecule has 1 aliphatic heterocycles. The molecule has 0 saturated heterocycles. The molecule has 0 saturated carbocycles. The SMILES string of the molecule is O=c1c(C=C2CCCN=C2c2cccnc2)coc2ccc([N+](=O)[O-])cc12. The van der Waals surface area contributed by atoms with Crippen LogP contribution in [0, 0.1) is 10.1 Å². The van der Waals surface area contributed by atoms with Gasteiger partial charge in [-0.05, 0) is 42.7 Å². The summed E-state index contributed by atoms with van der Waals surface area (Å²) < 4.78 is 5.52. The summed E-state index contributed by atoms with van der Waals surface area (Å²) in [5.74, 6) is 0. The van der Waals surface area contributed by atoms with Crippen molar-refractivity contribution in [2.75, 3.05) is 6.54 Å². The van der Waals surface area contributed by atoms with E-state index in [0.717, 1.165) is 36.2 Å². The number of hydrogen-bond donors (Lipinski definition) is 0. The van der Waals surface area contributed by atoms with E-state index in [1.54, 1.807) is 18.5 Å². The van der Waals surface area contributed by atoms with Crippen molar-refractivity contribution >= 4 is 28.4 Å². The highest BCUT2D eigenvalue weighted by molar-refractivity contribution is 6.15. The van der Waals surface area contributed by atoms with Gasteiger partial charge in [0.15, 0.2) is 5.43 Å². The third kappa shape index (κ3) is 3.27. The van der Waals surface area contributed by atoms with Crippen LogP contribution in [0.2, 0.25) is 0 Å². The van der Waals surface area contributed by atoms with Crippen LogP contribution in [-0.2, 0) is 0 Å². The van der Waals surface area contributed by atoms with E-state index in [-0.39, 0.29) is 16.5 Å². The van der Waals surface area contributed by atoms with Gasteiger partial charge < -0.3 is 4.42 Å². The van der Waals surface area contributed by atoms with Crippen molar-refractivity contribution in [3.05, 3.63) is 86.0 Å². The lowest BCUT2D eigenvalue weighted by Gasteiger charge is -2.16. The number of non-ortho nitro benzene ring substituents is 1. The van der Waals surface area contributed by atoms with E-state index in [9.17, 15) is 14.9 Å². The normalized spacial score (nSPS) is 15.7. The number of nitro groups is 1. The van der Waals surface area contributed by atoms with Crippen molar-refractivity contribution in [1.82, 2.24) is 4.98 Å². The Morgan fingerprint density at radius 1 is 1.26 bits per heavy atom. The molecule has 1 aromatic carbocycles. The summed E-state index contributed by atoms with van der Waals surface area (Å²) in [5, 5.41) is 11.2. The largest absolute Gasteiger partial charge is 0.463 e. The van der Waals surface area contributed by atoms with Crippen molar-refractivity contribution in [1.29, 1.82) is 0 Å². The topological polar surface area (TPSA) is 98.6 Å². The number of nitrogens with zero attached hydrogens (tertiary/aromatic N) is 3. The number of nitro benzene ring substituents is 1. The fourth-order valence-electron chi connectivity index (χ4n) is 3.14. The summed E-state index contributed by atoms with van der Waals surface area (Å²) in [6, 6.07) is 7.78. The third-order valence-corrected chi connectivity index (χ3v) is 4.44. The number of aliphatic imine (C=N–C) groups is 1. The Hall–Kier alpha value is -3.61. The van der Waals surface area contributed by atoms with Crippen LogP contribution >= 0.6 is 0 Å². The number of hydrogen-bond acceptors (Lipinski definition) is 6. The Morgan fingerprint density at radius 2 is 2.15 bits per heavy atom. The number of aromatic nitrogens is 1. The van der Waals surface area contributed by atoms with Crippen LogP contribution in [0.4, 0.5) is 5.69 Å². The predicted molar refractivity (Wildman–Crippen MR) is 102 cm³/mol. The summed E-state index contributed by atoms with van der Waals surface area (Å²) >= 11 is 0. The molecule has 0 unspecified atom stereocenters. The molecule has 2 aromatic heterocycles. The van der Waals surface area contributed by atoms with Crippen LogP contribution in [0.25, 0.3) is 17.0 Å². The van der Waals surface area contributed by atoms with E-state index >= 15 is 0 Å². The van der Waals surface area contributed by atoms with Gasteiger partial charge in [-0.15, -0.1) is 0 Å². The standard InChI is InChI=1S/C20H15N3O4/c24-20-15(12-27-18-6-5-16(23(25)26)10-17(18)20)9-13-3-2-8-22-19(13)14-4-1-7-21-11-14/h1,4-7,9-12H,2-3,8H2. The number of fused-ring (bicyclic) bond motifs is 1. The zero-order chi connectivity index (χ0) is 18.8. The Labute approximate surface area is 153 Å².